The minimum atomic E-state index is -0.0514. The Morgan fingerprint density at radius 2 is 1.68 bits per heavy atom. The Hall–Kier alpha value is -2.09. The summed E-state index contributed by atoms with van der Waals surface area (Å²) in [5.74, 6) is 0.968. The van der Waals surface area contributed by atoms with Crippen molar-refractivity contribution in [1.29, 1.82) is 0 Å². The predicted molar refractivity (Wildman–Crippen MR) is 88.2 cm³/mol. The van der Waals surface area contributed by atoms with Gasteiger partial charge in [0, 0.05) is 0 Å². The van der Waals surface area contributed by atoms with Crippen LogP contribution in [0.3, 0.4) is 0 Å². The molecule has 0 aliphatic heterocycles. The van der Waals surface area contributed by atoms with Gasteiger partial charge < -0.3 is 4.74 Å². The van der Waals surface area contributed by atoms with Gasteiger partial charge in [0.1, 0.15) is 6.61 Å². The number of ether oxygens (including phenoxy) is 1. The van der Waals surface area contributed by atoms with Crippen LogP contribution in [0.5, 0.6) is 0 Å². The van der Waals surface area contributed by atoms with E-state index in [9.17, 15) is 4.79 Å². The summed E-state index contributed by atoms with van der Waals surface area (Å²) in [6.45, 7) is 6.67. The van der Waals surface area contributed by atoms with Gasteiger partial charge in [-0.25, -0.2) is 0 Å². The summed E-state index contributed by atoms with van der Waals surface area (Å²) >= 11 is 0. The normalized spacial score (nSPS) is 23.1. The van der Waals surface area contributed by atoms with Crippen LogP contribution in [0.15, 0.2) is 48.5 Å². The molecule has 2 aromatic rings. The van der Waals surface area contributed by atoms with Gasteiger partial charge in [-0.15, -0.1) is 0 Å². The van der Waals surface area contributed by atoms with Crippen LogP contribution in [0.1, 0.15) is 25.0 Å². The SMILES string of the molecule is Cc1c(COC(=O)C2C(C)C2C)cccc1-c1ccccc1. The van der Waals surface area contributed by atoms with Crippen molar-refractivity contribution in [3.05, 3.63) is 59.7 Å². The molecule has 0 radical (unpaired) electrons. The molecule has 1 aliphatic carbocycles. The van der Waals surface area contributed by atoms with E-state index >= 15 is 0 Å². The first-order valence-electron chi connectivity index (χ1n) is 7.90. The summed E-state index contributed by atoms with van der Waals surface area (Å²) < 4.78 is 5.53. The Morgan fingerprint density at radius 3 is 2.32 bits per heavy atom. The summed E-state index contributed by atoms with van der Waals surface area (Å²) in [5.41, 5.74) is 4.65. The second kappa shape index (κ2) is 5.96. The number of esters is 1. The largest absolute Gasteiger partial charge is 0.461 e. The molecule has 22 heavy (non-hydrogen) atoms. The average Bonchev–Trinajstić information content (AvgIpc) is 3.14. The summed E-state index contributed by atoms with van der Waals surface area (Å²) in [7, 11) is 0. The lowest BCUT2D eigenvalue weighted by Gasteiger charge is -2.12. The van der Waals surface area contributed by atoms with E-state index < -0.39 is 0 Å². The number of rotatable bonds is 4. The molecule has 1 aliphatic rings. The highest BCUT2D eigenvalue weighted by Gasteiger charge is 2.49. The van der Waals surface area contributed by atoms with Gasteiger partial charge in [-0.05, 0) is 41.0 Å². The number of carbonyl (C=O) groups excluding carboxylic acids is 1. The van der Waals surface area contributed by atoms with Crippen LogP contribution in [0, 0.1) is 24.7 Å². The second-order valence-corrected chi connectivity index (χ2v) is 6.31. The molecule has 1 saturated carbocycles. The van der Waals surface area contributed by atoms with Crippen molar-refractivity contribution in [3.8, 4) is 11.1 Å². The summed E-state index contributed by atoms with van der Waals surface area (Å²) in [4.78, 5) is 12.0. The fraction of sp³-hybridized carbons (Fsp3) is 0.350. The first-order valence-corrected chi connectivity index (χ1v) is 7.90. The van der Waals surface area contributed by atoms with E-state index in [0.717, 1.165) is 5.56 Å². The smallest absolute Gasteiger partial charge is 0.309 e. The van der Waals surface area contributed by atoms with Gasteiger partial charge in [-0.3, -0.25) is 4.79 Å². The molecule has 0 saturated heterocycles. The molecule has 0 N–H and O–H groups in total. The lowest BCUT2D eigenvalue weighted by atomic mass is 9.97. The van der Waals surface area contributed by atoms with Crippen LogP contribution in [0.2, 0.25) is 0 Å². The Morgan fingerprint density at radius 1 is 1.00 bits per heavy atom. The lowest BCUT2D eigenvalue weighted by molar-refractivity contribution is -0.147. The van der Waals surface area contributed by atoms with Gasteiger partial charge in [-0.2, -0.15) is 0 Å². The molecular formula is C20H22O2. The summed E-state index contributed by atoms with van der Waals surface area (Å²) in [6, 6.07) is 16.5. The van der Waals surface area contributed by atoms with Crippen molar-refractivity contribution in [1.82, 2.24) is 0 Å². The topological polar surface area (TPSA) is 26.3 Å². The maximum Gasteiger partial charge on any atom is 0.309 e. The Balaban J connectivity index is 1.74. The minimum Gasteiger partial charge on any atom is -0.461 e. The number of hydrogen-bond donors (Lipinski definition) is 0. The third-order valence-corrected chi connectivity index (χ3v) is 4.99. The van der Waals surface area contributed by atoms with Crippen molar-refractivity contribution in [2.24, 2.45) is 17.8 Å². The van der Waals surface area contributed by atoms with E-state index in [-0.39, 0.29) is 11.9 Å². The van der Waals surface area contributed by atoms with E-state index in [0.29, 0.717) is 18.4 Å². The number of carbonyl (C=O) groups is 1. The van der Waals surface area contributed by atoms with Crippen LogP contribution >= 0.6 is 0 Å². The van der Waals surface area contributed by atoms with Crippen molar-refractivity contribution in [3.63, 3.8) is 0 Å². The van der Waals surface area contributed by atoms with Crippen molar-refractivity contribution < 1.29 is 9.53 Å². The monoisotopic (exact) mass is 294 g/mol. The van der Waals surface area contributed by atoms with Gasteiger partial charge in [0.25, 0.3) is 0 Å². The zero-order chi connectivity index (χ0) is 15.7. The fourth-order valence-corrected chi connectivity index (χ4v) is 3.11. The molecule has 2 nitrogen and oxygen atoms in total. The van der Waals surface area contributed by atoms with Crippen molar-refractivity contribution in [2.45, 2.75) is 27.4 Å². The molecular weight excluding hydrogens is 272 g/mol. The van der Waals surface area contributed by atoms with E-state index in [1.54, 1.807) is 0 Å². The standard InChI is InChI=1S/C20H22O2/c1-13-14(2)19(13)20(21)22-12-17-10-7-11-18(15(17)3)16-8-5-4-6-9-16/h4-11,13-14,19H,12H2,1-3H3. The maximum absolute atomic E-state index is 12.0. The lowest BCUT2D eigenvalue weighted by Crippen LogP contribution is -2.09. The highest BCUT2D eigenvalue weighted by atomic mass is 16.5. The van der Waals surface area contributed by atoms with Crippen LogP contribution in [-0.4, -0.2) is 5.97 Å². The van der Waals surface area contributed by atoms with E-state index in [1.807, 2.05) is 30.3 Å². The minimum absolute atomic E-state index is 0.0514. The Kier molecular flexibility index (Phi) is 4.02. The van der Waals surface area contributed by atoms with Gasteiger partial charge in [0.15, 0.2) is 0 Å². The van der Waals surface area contributed by atoms with E-state index in [4.69, 9.17) is 4.74 Å². The zero-order valence-corrected chi connectivity index (χ0v) is 13.4. The fourth-order valence-electron chi connectivity index (χ4n) is 3.11. The Bertz CT molecular complexity index is 667. The molecule has 2 heteroatoms. The second-order valence-electron chi connectivity index (χ2n) is 6.31. The highest BCUT2D eigenvalue weighted by molar-refractivity contribution is 5.76. The quantitative estimate of drug-likeness (QED) is 0.770. The molecule has 0 amide bonds. The van der Waals surface area contributed by atoms with Crippen molar-refractivity contribution in [2.75, 3.05) is 0 Å². The maximum atomic E-state index is 12.0. The highest BCUT2D eigenvalue weighted by Crippen LogP contribution is 2.46. The summed E-state index contributed by atoms with van der Waals surface area (Å²) in [5, 5.41) is 0. The number of benzene rings is 2. The molecule has 114 valence electrons. The van der Waals surface area contributed by atoms with Gasteiger partial charge in [0.2, 0.25) is 0 Å². The van der Waals surface area contributed by atoms with Gasteiger partial charge >= 0.3 is 5.97 Å². The molecule has 0 spiro atoms. The van der Waals surface area contributed by atoms with Crippen LogP contribution in [-0.2, 0) is 16.1 Å². The van der Waals surface area contributed by atoms with Crippen LogP contribution < -0.4 is 0 Å². The molecule has 0 aromatic heterocycles. The first-order chi connectivity index (χ1) is 10.6. The van der Waals surface area contributed by atoms with Gasteiger partial charge in [0.05, 0.1) is 5.92 Å². The molecule has 1 fully saturated rings. The Labute approximate surface area is 132 Å². The van der Waals surface area contributed by atoms with E-state index in [2.05, 4.69) is 39.0 Å². The molecule has 2 atom stereocenters. The van der Waals surface area contributed by atoms with Crippen molar-refractivity contribution >= 4 is 5.97 Å². The average molecular weight is 294 g/mol. The molecule has 2 aromatic carbocycles. The third-order valence-electron chi connectivity index (χ3n) is 4.99. The van der Waals surface area contributed by atoms with Gasteiger partial charge in [-0.1, -0.05) is 62.4 Å². The van der Waals surface area contributed by atoms with E-state index in [1.165, 1.54) is 16.7 Å². The molecule has 0 bridgehead atoms. The van der Waals surface area contributed by atoms with Crippen LogP contribution in [0.25, 0.3) is 11.1 Å². The number of hydrogen-bond acceptors (Lipinski definition) is 2. The van der Waals surface area contributed by atoms with Crippen LogP contribution in [0.4, 0.5) is 0 Å². The molecule has 2 unspecified atom stereocenters. The summed E-state index contributed by atoms with van der Waals surface area (Å²) in [6.07, 6.45) is 0. The predicted octanol–water partition coefficient (Wildman–Crippen LogP) is 4.61. The molecule has 3 rings (SSSR count). The zero-order valence-electron chi connectivity index (χ0n) is 13.4. The third kappa shape index (κ3) is 2.78. The first kappa shape index (κ1) is 14.8. The molecule has 0 heterocycles.